The van der Waals surface area contributed by atoms with Crippen LogP contribution in [0.4, 0.5) is 4.79 Å². The highest BCUT2D eigenvalue weighted by atomic mass is 16.6. The Kier molecular flexibility index (Phi) is 6.60. The zero-order valence-electron chi connectivity index (χ0n) is 15.6. The van der Waals surface area contributed by atoms with Crippen LogP contribution < -0.4 is 5.32 Å². The van der Waals surface area contributed by atoms with Crippen LogP contribution >= 0.6 is 0 Å². The van der Waals surface area contributed by atoms with Gasteiger partial charge in [0.2, 0.25) is 0 Å². The van der Waals surface area contributed by atoms with Crippen LogP contribution in [0.15, 0.2) is 60.7 Å². The Morgan fingerprint density at radius 1 is 1.07 bits per heavy atom. The summed E-state index contributed by atoms with van der Waals surface area (Å²) in [6.45, 7) is 3.72. The molecule has 1 N–H and O–H groups in total. The number of Topliss-reactive ketones (excluding diaryl/α,β-unsaturated/α-hetero) is 1. The Labute approximate surface area is 160 Å². The maximum atomic E-state index is 13.0. The molecule has 2 aromatic rings. The fraction of sp³-hybridized carbons (Fsp3) is 0.364. The van der Waals surface area contributed by atoms with Gasteiger partial charge in [-0.3, -0.25) is 9.69 Å². The average molecular weight is 366 g/mol. The first-order chi connectivity index (χ1) is 13.1. The molecule has 1 aliphatic rings. The van der Waals surface area contributed by atoms with Gasteiger partial charge in [-0.2, -0.15) is 0 Å². The summed E-state index contributed by atoms with van der Waals surface area (Å²) in [5, 5.41) is 3.29. The minimum absolute atomic E-state index is 0.00343. The van der Waals surface area contributed by atoms with E-state index < -0.39 is 12.1 Å². The lowest BCUT2D eigenvalue weighted by atomic mass is 9.94. The third-order valence-electron chi connectivity index (χ3n) is 4.93. The van der Waals surface area contributed by atoms with Crippen LogP contribution in [0, 0.1) is 5.92 Å². The van der Waals surface area contributed by atoms with Crippen molar-refractivity contribution < 1.29 is 14.3 Å². The third kappa shape index (κ3) is 5.17. The van der Waals surface area contributed by atoms with Crippen LogP contribution in [-0.2, 0) is 22.7 Å². The Morgan fingerprint density at radius 2 is 1.70 bits per heavy atom. The number of hydrogen-bond acceptors (Lipinski definition) is 4. The maximum Gasteiger partial charge on any atom is 0.411 e. The van der Waals surface area contributed by atoms with Crippen molar-refractivity contribution in [1.82, 2.24) is 10.2 Å². The van der Waals surface area contributed by atoms with E-state index in [9.17, 15) is 9.59 Å². The summed E-state index contributed by atoms with van der Waals surface area (Å²) in [7, 11) is 0. The van der Waals surface area contributed by atoms with E-state index >= 15 is 0 Å². The highest BCUT2D eigenvalue weighted by Crippen LogP contribution is 2.23. The number of nitrogens with one attached hydrogen (secondary N) is 1. The number of benzene rings is 2. The van der Waals surface area contributed by atoms with Crippen molar-refractivity contribution in [2.75, 3.05) is 13.1 Å². The topological polar surface area (TPSA) is 58.6 Å². The number of carbonyl (C=O) groups is 2. The number of rotatable bonds is 7. The molecule has 1 aliphatic heterocycles. The Morgan fingerprint density at radius 3 is 2.26 bits per heavy atom. The molecular formula is C22H26N2O3. The van der Waals surface area contributed by atoms with Crippen LogP contribution in [0.2, 0.25) is 0 Å². The number of hydrogen-bond donors (Lipinski definition) is 1. The molecule has 5 heteroatoms. The first-order valence-corrected chi connectivity index (χ1v) is 9.37. The minimum atomic E-state index is -0.483. The van der Waals surface area contributed by atoms with Crippen LogP contribution in [0.3, 0.4) is 0 Å². The van der Waals surface area contributed by atoms with Crippen LogP contribution in [-0.4, -0.2) is 35.9 Å². The molecule has 0 aromatic heterocycles. The van der Waals surface area contributed by atoms with Crippen LogP contribution in [0.1, 0.15) is 24.5 Å². The summed E-state index contributed by atoms with van der Waals surface area (Å²) >= 11 is 0. The van der Waals surface area contributed by atoms with Gasteiger partial charge in [-0.15, -0.1) is 0 Å². The molecule has 142 valence electrons. The predicted molar refractivity (Wildman–Crippen MR) is 104 cm³/mol. The van der Waals surface area contributed by atoms with Gasteiger partial charge < -0.3 is 10.1 Å². The molecule has 5 nitrogen and oxygen atoms in total. The second-order valence-electron chi connectivity index (χ2n) is 6.96. The number of nitrogens with zero attached hydrogens (tertiary/aromatic N) is 1. The number of ketones is 1. The van der Waals surface area contributed by atoms with Crippen molar-refractivity contribution in [3.63, 3.8) is 0 Å². The second-order valence-corrected chi connectivity index (χ2v) is 6.96. The van der Waals surface area contributed by atoms with Gasteiger partial charge in [0.05, 0.1) is 6.04 Å². The molecule has 27 heavy (non-hydrogen) atoms. The summed E-state index contributed by atoms with van der Waals surface area (Å²) in [5.41, 5.74) is 1.90. The zero-order chi connectivity index (χ0) is 19.1. The summed E-state index contributed by atoms with van der Waals surface area (Å²) in [4.78, 5) is 27.0. The Bertz CT molecular complexity index is 743. The average Bonchev–Trinajstić information content (AvgIpc) is 3.21. The van der Waals surface area contributed by atoms with E-state index in [0.29, 0.717) is 6.54 Å². The number of amides is 1. The van der Waals surface area contributed by atoms with E-state index in [2.05, 4.69) is 5.32 Å². The maximum absolute atomic E-state index is 13.0. The molecule has 1 amide bonds. The summed E-state index contributed by atoms with van der Waals surface area (Å²) in [6.07, 6.45) is 0.427. The monoisotopic (exact) mass is 366 g/mol. The molecule has 2 atom stereocenters. The van der Waals surface area contributed by atoms with Gasteiger partial charge in [0.1, 0.15) is 6.61 Å². The number of carbonyl (C=O) groups excluding carboxylic acids is 2. The Hall–Kier alpha value is -2.66. The molecule has 3 rings (SSSR count). The lowest BCUT2D eigenvalue weighted by Crippen LogP contribution is -2.49. The first kappa shape index (κ1) is 19.1. The highest BCUT2D eigenvalue weighted by Gasteiger charge is 2.36. The summed E-state index contributed by atoms with van der Waals surface area (Å²) < 4.78 is 5.57. The van der Waals surface area contributed by atoms with Crippen molar-refractivity contribution in [1.29, 1.82) is 0 Å². The third-order valence-corrected chi connectivity index (χ3v) is 4.93. The van der Waals surface area contributed by atoms with Gasteiger partial charge >= 0.3 is 6.09 Å². The normalized spacial score (nSPS) is 17.3. The smallest absolute Gasteiger partial charge is 0.411 e. The quantitative estimate of drug-likeness (QED) is 0.816. The van der Waals surface area contributed by atoms with Crippen molar-refractivity contribution >= 4 is 11.9 Å². The van der Waals surface area contributed by atoms with Gasteiger partial charge in [-0.1, -0.05) is 60.7 Å². The molecular weight excluding hydrogens is 340 g/mol. The molecule has 0 spiro atoms. The van der Waals surface area contributed by atoms with E-state index in [1.54, 1.807) is 11.8 Å². The van der Waals surface area contributed by atoms with E-state index in [0.717, 1.165) is 30.6 Å². The van der Waals surface area contributed by atoms with Gasteiger partial charge in [-0.25, -0.2) is 4.79 Å². The fourth-order valence-electron chi connectivity index (χ4n) is 3.61. The molecule has 0 radical (unpaired) electrons. The number of ether oxygens (including phenoxy) is 1. The van der Waals surface area contributed by atoms with Crippen LogP contribution in [0.25, 0.3) is 0 Å². The van der Waals surface area contributed by atoms with Gasteiger partial charge in [0.25, 0.3) is 0 Å². The zero-order valence-corrected chi connectivity index (χ0v) is 15.6. The first-order valence-electron chi connectivity index (χ1n) is 9.37. The highest BCUT2D eigenvalue weighted by molar-refractivity contribution is 5.86. The summed E-state index contributed by atoms with van der Waals surface area (Å²) in [5.74, 6) is 0.103. The van der Waals surface area contributed by atoms with Crippen molar-refractivity contribution in [2.24, 2.45) is 5.92 Å². The van der Waals surface area contributed by atoms with Crippen molar-refractivity contribution in [2.45, 2.75) is 32.5 Å². The largest absolute Gasteiger partial charge is 0.445 e. The van der Waals surface area contributed by atoms with Crippen LogP contribution in [0.5, 0.6) is 0 Å². The predicted octanol–water partition coefficient (Wildman–Crippen LogP) is 3.39. The summed E-state index contributed by atoms with van der Waals surface area (Å²) in [6, 6.07) is 18.8. The second kappa shape index (κ2) is 9.33. The van der Waals surface area contributed by atoms with Gasteiger partial charge in [-0.05, 0) is 31.0 Å². The molecule has 0 saturated carbocycles. The van der Waals surface area contributed by atoms with E-state index in [-0.39, 0.29) is 18.3 Å². The molecule has 1 saturated heterocycles. The molecule has 0 bridgehead atoms. The van der Waals surface area contributed by atoms with Crippen molar-refractivity contribution in [3.8, 4) is 0 Å². The minimum Gasteiger partial charge on any atom is -0.445 e. The molecule has 1 heterocycles. The molecule has 1 unspecified atom stereocenters. The lowest BCUT2D eigenvalue weighted by molar-refractivity contribution is -0.123. The lowest BCUT2D eigenvalue weighted by Gasteiger charge is -2.33. The van der Waals surface area contributed by atoms with E-state index in [1.165, 1.54) is 0 Å². The van der Waals surface area contributed by atoms with Gasteiger partial charge in [0.15, 0.2) is 5.78 Å². The SMILES string of the molecule is CC(=O)C([C@H]1CCNC1)N(Cc1ccccc1)C(=O)OCc1ccccc1. The van der Waals surface area contributed by atoms with Gasteiger partial charge in [0, 0.05) is 19.0 Å². The molecule has 1 fully saturated rings. The fourth-order valence-corrected chi connectivity index (χ4v) is 3.61. The van der Waals surface area contributed by atoms with E-state index in [1.807, 2.05) is 60.7 Å². The van der Waals surface area contributed by atoms with E-state index in [4.69, 9.17) is 4.74 Å². The van der Waals surface area contributed by atoms with Crippen molar-refractivity contribution in [3.05, 3.63) is 71.8 Å². The molecule has 2 aromatic carbocycles. The Balaban J connectivity index is 1.79. The standard InChI is InChI=1S/C22H26N2O3/c1-17(25)21(20-12-13-23-14-20)24(15-18-8-4-2-5-9-18)22(26)27-16-19-10-6-3-7-11-19/h2-11,20-21,23H,12-16H2,1H3/t20-,21?/m0/s1. The molecule has 0 aliphatic carbocycles.